The maximum absolute atomic E-state index is 11.9. The van der Waals surface area contributed by atoms with Gasteiger partial charge in [-0.05, 0) is 18.5 Å². The number of esters is 1. The van der Waals surface area contributed by atoms with Crippen molar-refractivity contribution in [1.82, 2.24) is 9.80 Å². The van der Waals surface area contributed by atoms with Crippen LogP contribution in [0.2, 0.25) is 0 Å². The molecule has 18 heavy (non-hydrogen) atoms. The van der Waals surface area contributed by atoms with Gasteiger partial charge in [0.05, 0.1) is 7.11 Å². The number of carbonyl (C=O) groups excluding carboxylic acids is 1. The summed E-state index contributed by atoms with van der Waals surface area (Å²) in [6.45, 7) is 4.95. The van der Waals surface area contributed by atoms with Gasteiger partial charge in [-0.1, -0.05) is 6.07 Å². The van der Waals surface area contributed by atoms with E-state index in [0.717, 1.165) is 37.6 Å². The standard InChI is InChI=1S/C13H20N2O2S/c1-14-5-7-15(8-6-14)10-11(13(16)17-2)12-4-3-9-18-12/h3-4,9,11H,5-8,10H2,1-2H3. The molecule has 0 saturated carbocycles. The highest BCUT2D eigenvalue weighted by molar-refractivity contribution is 7.10. The van der Waals surface area contributed by atoms with E-state index in [4.69, 9.17) is 4.74 Å². The zero-order valence-electron chi connectivity index (χ0n) is 11.0. The van der Waals surface area contributed by atoms with Crippen LogP contribution in [0.15, 0.2) is 17.5 Å². The minimum Gasteiger partial charge on any atom is -0.468 e. The van der Waals surface area contributed by atoms with Crippen molar-refractivity contribution < 1.29 is 9.53 Å². The van der Waals surface area contributed by atoms with Crippen LogP contribution in [0.1, 0.15) is 10.8 Å². The van der Waals surface area contributed by atoms with Gasteiger partial charge in [-0.3, -0.25) is 9.69 Å². The fourth-order valence-corrected chi connectivity index (χ4v) is 3.01. The number of thiophene rings is 1. The Morgan fingerprint density at radius 3 is 2.72 bits per heavy atom. The maximum Gasteiger partial charge on any atom is 0.315 e. The molecule has 1 aliphatic heterocycles. The molecule has 5 heteroatoms. The van der Waals surface area contributed by atoms with Crippen LogP contribution in [0.25, 0.3) is 0 Å². The number of nitrogens with zero attached hydrogens (tertiary/aromatic N) is 2. The predicted molar refractivity (Wildman–Crippen MR) is 73.0 cm³/mol. The van der Waals surface area contributed by atoms with E-state index in [0.29, 0.717) is 0 Å². The number of hydrogen-bond donors (Lipinski definition) is 0. The average Bonchev–Trinajstić information content (AvgIpc) is 2.91. The van der Waals surface area contributed by atoms with E-state index >= 15 is 0 Å². The molecule has 1 saturated heterocycles. The van der Waals surface area contributed by atoms with Gasteiger partial charge in [0, 0.05) is 37.6 Å². The average molecular weight is 268 g/mol. The fourth-order valence-electron chi connectivity index (χ4n) is 2.20. The molecule has 0 amide bonds. The van der Waals surface area contributed by atoms with E-state index in [1.807, 2.05) is 17.5 Å². The number of piperazine rings is 1. The van der Waals surface area contributed by atoms with Crippen molar-refractivity contribution in [1.29, 1.82) is 0 Å². The van der Waals surface area contributed by atoms with Gasteiger partial charge < -0.3 is 9.64 Å². The molecule has 4 nitrogen and oxygen atoms in total. The molecule has 2 heterocycles. The Hall–Kier alpha value is -0.910. The zero-order chi connectivity index (χ0) is 13.0. The highest BCUT2D eigenvalue weighted by Crippen LogP contribution is 2.24. The Kier molecular flexibility index (Phi) is 4.74. The lowest BCUT2D eigenvalue weighted by molar-refractivity contribution is -0.143. The van der Waals surface area contributed by atoms with Gasteiger partial charge >= 0.3 is 5.97 Å². The van der Waals surface area contributed by atoms with Crippen LogP contribution < -0.4 is 0 Å². The summed E-state index contributed by atoms with van der Waals surface area (Å²) in [5.41, 5.74) is 0. The molecule has 1 aromatic heterocycles. The van der Waals surface area contributed by atoms with Crippen LogP contribution in [-0.4, -0.2) is 62.7 Å². The number of methoxy groups -OCH3 is 1. The summed E-state index contributed by atoms with van der Waals surface area (Å²) in [6.07, 6.45) is 0. The van der Waals surface area contributed by atoms with E-state index in [2.05, 4.69) is 16.8 Å². The first-order valence-electron chi connectivity index (χ1n) is 6.23. The molecular weight excluding hydrogens is 248 g/mol. The summed E-state index contributed by atoms with van der Waals surface area (Å²) in [5, 5.41) is 2.01. The molecule has 1 unspecified atom stereocenters. The topological polar surface area (TPSA) is 32.8 Å². The molecule has 1 aliphatic rings. The summed E-state index contributed by atoms with van der Waals surface area (Å²) in [5.74, 6) is -0.269. The number of hydrogen-bond acceptors (Lipinski definition) is 5. The number of likely N-dealkylation sites (N-methyl/N-ethyl adjacent to an activating group) is 1. The van der Waals surface area contributed by atoms with Crippen LogP contribution in [0.4, 0.5) is 0 Å². The van der Waals surface area contributed by atoms with E-state index in [-0.39, 0.29) is 11.9 Å². The molecule has 0 radical (unpaired) electrons. The van der Waals surface area contributed by atoms with Crippen molar-refractivity contribution >= 4 is 17.3 Å². The molecule has 1 atom stereocenters. The smallest absolute Gasteiger partial charge is 0.315 e. The second kappa shape index (κ2) is 6.31. The second-order valence-electron chi connectivity index (χ2n) is 4.70. The highest BCUT2D eigenvalue weighted by atomic mass is 32.1. The molecule has 1 fully saturated rings. The van der Waals surface area contributed by atoms with Crippen molar-refractivity contribution in [3.8, 4) is 0 Å². The largest absolute Gasteiger partial charge is 0.468 e. The molecule has 0 N–H and O–H groups in total. The Morgan fingerprint density at radius 1 is 1.44 bits per heavy atom. The monoisotopic (exact) mass is 268 g/mol. The lowest BCUT2D eigenvalue weighted by Gasteiger charge is -2.33. The number of carbonyl (C=O) groups is 1. The molecule has 1 aromatic rings. The van der Waals surface area contributed by atoms with Crippen LogP contribution in [0.5, 0.6) is 0 Å². The van der Waals surface area contributed by atoms with Crippen LogP contribution in [0, 0.1) is 0 Å². The maximum atomic E-state index is 11.9. The molecule has 2 rings (SSSR count). The van der Waals surface area contributed by atoms with E-state index in [1.165, 1.54) is 7.11 Å². The zero-order valence-corrected chi connectivity index (χ0v) is 11.8. The van der Waals surface area contributed by atoms with Crippen molar-refractivity contribution in [3.63, 3.8) is 0 Å². The first kappa shape index (κ1) is 13.5. The van der Waals surface area contributed by atoms with Gasteiger partial charge in [-0.25, -0.2) is 0 Å². The summed E-state index contributed by atoms with van der Waals surface area (Å²) in [4.78, 5) is 17.7. The summed E-state index contributed by atoms with van der Waals surface area (Å²) < 4.78 is 4.93. The summed E-state index contributed by atoms with van der Waals surface area (Å²) in [6, 6.07) is 4.00. The molecular formula is C13H20N2O2S. The van der Waals surface area contributed by atoms with Gasteiger partial charge in [0.25, 0.3) is 0 Å². The van der Waals surface area contributed by atoms with Crippen LogP contribution >= 0.6 is 11.3 Å². The predicted octanol–water partition coefficient (Wildman–Crippen LogP) is 1.25. The molecule has 0 aromatic carbocycles. The van der Waals surface area contributed by atoms with Crippen LogP contribution in [-0.2, 0) is 9.53 Å². The van der Waals surface area contributed by atoms with Gasteiger partial charge in [-0.15, -0.1) is 11.3 Å². The molecule has 0 spiro atoms. The van der Waals surface area contributed by atoms with Gasteiger partial charge in [-0.2, -0.15) is 0 Å². The van der Waals surface area contributed by atoms with Crippen molar-refractivity contribution in [2.24, 2.45) is 0 Å². The number of ether oxygens (including phenoxy) is 1. The Balaban J connectivity index is 2.00. The van der Waals surface area contributed by atoms with E-state index in [9.17, 15) is 4.79 Å². The first-order valence-corrected chi connectivity index (χ1v) is 7.11. The quantitative estimate of drug-likeness (QED) is 0.770. The highest BCUT2D eigenvalue weighted by Gasteiger charge is 2.26. The Labute approximate surface area is 112 Å². The molecule has 0 bridgehead atoms. The third-order valence-corrected chi connectivity index (χ3v) is 4.39. The SMILES string of the molecule is COC(=O)C(CN1CCN(C)CC1)c1cccs1. The van der Waals surface area contributed by atoms with E-state index in [1.54, 1.807) is 11.3 Å². The number of rotatable bonds is 4. The summed E-state index contributed by atoms with van der Waals surface area (Å²) in [7, 11) is 3.60. The normalized spacial score (nSPS) is 19.7. The van der Waals surface area contributed by atoms with E-state index < -0.39 is 0 Å². The second-order valence-corrected chi connectivity index (χ2v) is 5.67. The van der Waals surface area contributed by atoms with Gasteiger partial charge in [0.1, 0.15) is 5.92 Å². The Morgan fingerprint density at radius 2 is 2.17 bits per heavy atom. The Bertz CT molecular complexity index is 372. The summed E-state index contributed by atoms with van der Waals surface area (Å²) >= 11 is 1.63. The van der Waals surface area contributed by atoms with Crippen molar-refractivity contribution in [3.05, 3.63) is 22.4 Å². The minimum absolute atomic E-state index is 0.128. The lowest BCUT2D eigenvalue weighted by atomic mass is 10.1. The fraction of sp³-hybridized carbons (Fsp3) is 0.615. The van der Waals surface area contributed by atoms with Crippen molar-refractivity contribution in [2.45, 2.75) is 5.92 Å². The first-order chi connectivity index (χ1) is 8.70. The lowest BCUT2D eigenvalue weighted by Crippen LogP contribution is -2.46. The van der Waals surface area contributed by atoms with Gasteiger partial charge in [0.2, 0.25) is 0 Å². The third kappa shape index (κ3) is 3.31. The van der Waals surface area contributed by atoms with Crippen LogP contribution in [0.3, 0.4) is 0 Å². The molecule has 100 valence electrons. The van der Waals surface area contributed by atoms with Crippen molar-refractivity contribution in [2.75, 3.05) is 46.9 Å². The van der Waals surface area contributed by atoms with Gasteiger partial charge in [0.15, 0.2) is 0 Å². The third-order valence-electron chi connectivity index (χ3n) is 3.41. The minimum atomic E-state index is -0.140. The molecule has 0 aliphatic carbocycles.